The van der Waals surface area contributed by atoms with Gasteiger partial charge in [0.1, 0.15) is 11.8 Å². The number of nitrogens with one attached hydrogen (secondary N) is 1. The standard InChI is InChI=1S/C15H20BrNO4/c1-9(2)14(15(19)20)17-13(18)7-5-10-4-6-12(21-3)11(16)8-10/h4,6,8-9,14H,5,7H2,1-3H3,(H,17,18)(H,19,20)/t14-/m0/s1. The third kappa shape index (κ3) is 5.38. The van der Waals surface area contributed by atoms with E-state index in [0.717, 1.165) is 15.8 Å². The maximum Gasteiger partial charge on any atom is 0.326 e. The zero-order valence-electron chi connectivity index (χ0n) is 12.4. The van der Waals surface area contributed by atoms with Crippen molar-refractivity contribution in [3.8, 4) is 5.75 Å². The summed E-state index contributed by atoms with van der Waals surface area (Å²) in [5.74, 6) is -0.691. The normalized spacial score (nSPS) is 12.0. The Bertz CT molecular complexity index is 516. The van der Waals surface area contributed by atoms with Crippen LogP contribution in [0.5, 0.6) is 5.75 Å². The third-order valence-corrected chi connectivity index (χ3v) is 3.73. The zero-order valence-corrected chi connectivity index (χ0v) is 13.9. The van der Waals surface area contributed by atoms with Gasteiger partial charge >= 0.3 is 5.97 Å². The number of methoxy groups -OCH3 is 1. The van der Waals surface area contributed by atoms with Gasteiger partial charge in [0, 0.05) is 6.42 Å². The summed E-state index contributed by atoms with van der Waals surface area (Å²) in [7, 11) is 1.59. The lowest BCUT2D eigenvalue weighted by Crippen LogP contribution is -2.44. The van der Waals surface area contributed by atoms with Crippen LogP contribution in [0, 0.1) is 5.92 Å². The van der Waals surface area contributed by atoms with Gasteiger partial charge in [-0.3, -0.25) is 4.79 Å². The Morgan fingerprint density at radius 1 is 1.38 bits per heavy atom. The molecule has 1 rings (SSSR count). The number of ether oxygens (including phenoxy) is 1. The zero-order chi connectivity index (χ0) is 16.0. The number of carboxylic acid groups (broad SMARTS) is 1. The number of benzene rings is 1. The van der Waals surface area contributed by atoms with Crippen molar-refractivity contribution < 1.29 is 19.4 Å². The second kappa shape index (κ2) is 8.02. The van der Waals surface area contributed by atoms with Gasteiger partial charge in [-0.2, -0.15) is 0 Å². The summed E-state index contributed by atoms with van der Waals surface area (Å²) in [4.78, 5) is 22.9. The predicted octanol–water partition coefficient (Wildman–Crippen LogP) is 2.62. The molecule has 0 saturated carbocycles. The third-order valence-electron chi connectivity index (χ3n) is 3.11. The van der Waals surface area contributed by atoms with Crippen molar-refractivity contribution in [1.29, 1.82) is 0 Å². The van der Waals surface area contributed by atoms with Gasteiger partial charge in [-0.25, -0.2) is 4.79 Å². The van der Waals surface area contributed by atoms with Crippen molar-refractivity contribution in [1.82, 2.24) is 5.32 Å². The summed E-state index contributed by atoms with van der Waals surface area (Å²) >= 11 is 3.39. The molecule has 1 aromatic carbocycles. The fraction of sp³-hybridized carbons (Fsp3) is 0.467. The monoisotopic (exact) mass is 357 g/mol. The fourth-order valence-electron chi connectivity index (χ4n) is 1.88. The van der Waals surface area contributed by atoms with E-state index in [1.165, 1.54) is 0 Å². The van der Waals surface area contributed by atoms with E-state index in [0.29, 0.717) is 6.42 Å². The van der Waals surface area contributed by atoms with Gasteiger partial charge in [-0.05, 0) is 46.0 Å². The summed E-state index contributed by atoms with van der Waals surface area (Å²) in [6.07, 6.45) is 0.786. The minimum absolute atomic E-state index is 0.151. The van der Waals surface area contributed by atoms with E-state index in [-0.39, 0.29) is 18.2 Å². The fourth-order valence-corrected chi connectivity index (χ4v) is 2.47. The van der Waals surface area contributed by atoms with Crippen LogP contribution in [0.3, 0.4) is 0 Å². The number of carboxylic acids is 1. The Morgan fingerprint density at radius 2 is 2.05 bits per heavy atom. The molecule has 0 aliphatic carbocycles. The Hall–Kier alpha value is -1.56. The van der Waals surface area contributed by atoms with E-state index in [2.05, 4.69) is 21.2 Å². The largest absolute Gasteiger partial charge is 0.496 e. The highest BCUT2D eigenvalue weighted by Crippen LogP contribution is 2.25. The number of hydrogen-bond donors (Lipinski definition) is 2. The average Bonchev–Trinajstić information content (AvgIpc) is 2.42. The quantitative estimate of drug-likeness (QED) is 0.786. The Morgan fingerprint density at radius 3 is 2.52 bits per heavy atom. The molecule has 5 nitrogen and oxygen atoms in total. The van der Waals surface area contributed by atoms with Crippen molar-refractivity contribution in [2.24, 2.45) is 5.92 Å². The molecule has 1 amide bonds. The van der Waals surface area contributed by atoms with Crippen molar-refractivity contribution >= 4 is 27.8 Å². The van der Waals surface area contributed by atoms with Gasteiger partial charge in [0.25, 0.3) is 0 Å². The molecule has 6 heteroatoms. The van der Waals surface area contributed by atoms with Crippen LogP contribution in [-0.4, -0.2) is 30.1 Å². The van der Waals surface area contributed by atoms with E-state index >= 15 is 0 Å². The predicted molar refractivity (Wildman–Crippen MR) is 83.4 cm³/mol. The summed E-state index contributed by atoms with van der Waals surface area (Å²) in [6.45, 7) is 3.53. The van der Waals surface area contributed by atoms with Crippen LogP contribution in [0.4, 0.5) is 0 Å². The molecule has 0 radical (unpaired) electrons. The maximum absolute atomic E-state index is 11.8. The highest BCUT2D eigenvalue weighted by molar-refractivity contribution is 9.10. The lowest BCUT2D eigenvalue weighted by atomic mass is 10.0. The van der Waals surface area contributed by atoms with Crippen molar-refractivity contribution in [3.05, 3.63) is 28.2 Å². The molecule has 1 atom stereocenters. The number of rotatable bonds is 7. The molecule has 0 saturated heterocycles. The van der Waals surface area contributed by atoms with Crippen molar-refractivity contribution in [2.45, 2.75) is 32.7 Å². The Balaban J connectivity index is 2.56. The maximum atomic E-state index is 11.8. The van der Waals surface area contributed by atoms with E-state index in [1.807, 2.05) is 18.2 Å². The molecule has 0 fully saturated rings. The van der Waals surface area contributed by atoms with Gasteiger partial charge in [0.05, 0.1) is 11.6 Å². The first-order valence-electron chi connectivity index (χ1n) is 6.69. The SMILES string of the molecule is COc1ccc(CCC(=O)N[C@H](C(=O)O)C(C)C)cc1Br. The molecular weight excluding hydrogens is 338 g/mol. The van der Waals surface area contributed by atoms with Crippen LogP contribution in [0.25, 0.3) is 0 Å². The van der Waals surface area contributed by atoms with E-state index in [4.69, 9.17) is 9.84 Å². The molecule has 0 aliphatic heterocycles. The number of halogens is 1. The number of carbonyl (C=O) groups is 2. The molecule has 116 valence electrons. The molecule has 0 bridgehead atoms. The van der Waals surface area contributed by atoms with Crippen molar-refractivity contribution in [2.75, 3.05) is 7.11 Å². The molecule has 21 heavy (non-hydrogen) atoms. The lowest BCUT2D eigenvalue weighted by molar-refractivity contribution is -0.143. The summed E-state index contributed by atoms with van der Waals surface area (Å²) in [6, 6.07) is 4.75. The summed E-state index contributed by atoms with van der Waals surface area (Å²) < 4.78 is 5.97. The van der Waals surface area contributed by atoms with Crippen LogP contribution in [0.15, 0.2) is 22.7 Å². The van der Waals surface area contributed by atoms with Crippen LogP contribution in [0.1, 0.15) is 25.8 Å². The lowest BCUT2D eigenvalue weighted by Gasteiger charge is -2.17. The average molecular weight is 358 g/mol. The summed E-state index contributed by atoms with van der Waals surface area (Å²) in [5.41, 5.74) is 0.981. The Labute approximate surface area is 132 Å². The first kappa shape index (κ1) is 17.5. The molecule has 0 aromatic heterocycles. The van der Waals surface area contributed by atoms with Crippen LogP contribution >= 0.6 is 15.9 Å². The van der Waals surface area contributed by atoms with Gasteiger partial charge in [-0.1, -0.05) is 19.9 Å². The molecular formula is C15H20BrNO4. The van der Waals surface area contributed by atoms with Gasteiger partial charge < -0.3 is 15.2 Å². The molecule has 0 spiro atoms. The number of carbonyl (C=O) groups excluding carboxylic acids is 1. The number of hydrogen-bond acceptors (Lipinski definition) is 3. The number of aryl methyl sites for hydroxylation is 1. The second-order valence-corrected chi connectivity index (χ2v) is 5.95. The Kier molecular flexibility index (Phi) is 6.68. The molecule has 0 aliphatic rings. The topological polar surface area (TPSA) is 75.6 Å². The minimum Gasteiger partial charge on any atom is -0.496 e. The van der Waals surface area contributed by atoms with Crippen LogP contribution in [0.2, 0.25) is 0 Å². The highest BCUT2D eigenvalue weighted by Gasteiger charge is 2.23. The molecule has 1 aromatic rings. The van der Waals surface area contributed by atoms with Gasteiger partial charge in [-0.15, -0.1) is 0 Å². The summed E-state index contributed by atoms with van der Waals surface area (Å²) in [5, 5.41) is 11.6. The first-order valence-corrected chi connectivity index (χ1v) is 7.49. The van der Waals surface area contributed by atoms with Crippen molar-refractivity contribution in [3.63, 3.8) is 0 Å². The molecule has 0 heterocycles. The molecule has 2 N–H and O–H groups in total. The van der Waals surface area contributed by atoms with E-state index in [1.54, 1.807) is 21.0 Å². The van der Waals surface area contributed by atoms with E-state index in [9.17, 15) is 9.59 Å². The minimum atomic E-state index is -1.01. The van der Waals surface area contributed by atoms with Gasteiger partial charge in [0.2, 0.25) is 5.91 Å². The number of aliphatic carboxylic acids is 1. The highest BCUT2D eigenvalue weighted by atomic mass is 79.9. The van der Waals surface area contributed by atoms with E-state index < -0.39 is 12.0 Å². The second-order valence-electron chi connectivity index (χ2n) is 5.10. The smallest absolute Gasteiger partial charge is 0.326 e. The van der Waals surface area contributed by atoms with Crippen LogP contribution in [-0.2, 0) is 16.0 Å². The first-order chi connectivity index (χ1) is 9.85. The van der Waals surface area contributed by atoms with Gasteiger partial charge in [0.15, 0.2) is 0 Å². The number of amides is 1. The van der Waals surface area contributed by atoms with Crippen LogP contribution < -0.4 is 10.1 Å². The molecule has 0 unspecified atom stereocenters.